The van der Waals surface area contributed by atoms with Gasteiger partial charge in [0.1, 0.15) is 18.0 Å². The van der Waals surface area contributed by atoms with Gasteiger partial charge < -0.3 is 21.8 Å². The fraction of sp³-hybridized carbons (Fsp3) is 0.389. The molecule has 0 amide bonds. The first-order valence-electron chi connectivity index (χ1n) is 8.51. The van der Waals surface area contributed by atoms with Crippen molar-refractivity contribution in [2.75, 3.05) is 30.7 Å². The molecule has 0 saturated carbocycles. The third kappa shape index (κ3) is 4.67. The molecular formula is C18H23ClN6. The van der Waals surface area contributed by atoms with Gasteiger partial charge >= 0.3 is 0 Å². The molecular weight excluding hydrogens is 336 g/mol. The van der Waals surface area contributed by atoms with Gasteiger partial charge in [0.15, 0.2) is 0 Å². The number of anilines is 2. The van der Waals surface area contributed by atoms with Crippen LogP contribution in [0.25, 0.3) is 0 Å². The van der Waals surface area contributed by atoms with Gasteiger partial charge in [-0.15, -0.1) is 0 Å². The molecule has 6 nitrogen and oxygen atoms in total. The lowest BCUT2D eigenvalue weighted by molar-refractivity contribution is 0.389. The smallest absolute Gasteiger partial charge is 0.140 e. The van der Waals surface area contributed by atoms with E-state index in [1.165, 1.54) is 6.33 Å². The van der Waals surface area contributed by atoms with Crippen LogP contribution in [0.3, 0.4) is 0 Å². The highest BCUT2D eigenvalue weighted by Gasteiger charge is 2.17. The van der Waals surface area contributed by atoms with Crippen molar-refractivity contribution < 1.29 is 0 Å². The van der Waals surface area contributed by atoms with Crippen LogP contribution in [-0.2, 0) is 6.42 Å². The van der Waals surface area contributed by atoms with E-state index in [-0.39, 0.29) is 0 Å². The Labute approximate surface area is 152 Å². The third-order valence-electron chi connectivity index (χ3n) is 4.47. The number of nitrogens with zero attached hydrogens (tertiary/aromatic N) is 2. The molecule has 0 aliphatic carbocycles. The number of piperidine rings is 1. The Hall–Kier alpha value is -2.18. The van der Waals surface area contributed by atoms with Gasteiger partial charge in [-0.1, -0.05) is 23.7 Å². The Morgan fingerprint density at radius 3 is 2.88 bits per heavy atom. The Kier molecular flexibility index (Phi) is 5.83. The summed E-state index contributed by atoms with van der Waals surface area (Å²) in [6, 6.07) is 7.51. The minimum atomic E-state index is 0.329. The molecule has 0 radical (unpaired) electrons. The monoisotopic (exact) mass is 358 g/mol. The van der Waals surface area contributed by atoms with E-state index in [1.807, 2.05) is 24.3 Å². The summed E-state index contributed by atoms with van der Waals surface area (Å²) >= 11 is 6.04. The molecule has 1 aliphatic heterocycles. The molecule has 1 aromatic heterocycles. The maximum atomic E-state index is 8.49. The van der Waals surface area contributed by atoms with Gasteiger partial charge in [0, 0.05) is 18.0 Å². The zero-order valence-electron chi connectivity index (χ0n) is 14.1. The zero-order chi connectivity index (χ0) is 17.6. The van der Waals surface area contributed by atoms with E-state index >= 15 is 0 Å². The van der Waals surface area contributed by atoms with Gasteiger partial charge in [0.25, 0.3) is 0 Å². The minimum Gasteiger partial charge on any atom is -0.383 e. The number of nitrogens with one attached hydrogen (secondary N) is 3. The zero-order valence-corrected chi connectivity index (χ0v) is 14.8. The second-order valence-corrected chi connectivity index (χ2v) is 6.78. The van der Waals surface area contributed by atoms with Crippen molar-refractivity contribution >= 4 is 28.9 Å². The van der Waals surface area contributed by atoms with Crippen LogP contribution < -0.4 is 16.4 Å². The number of hydrogen-bond acceptors (Lipinski definition) is 6. The maximum Gasteiger partial charge on any atom is 0.140 e. The first-order chi connectivity index (χ1) is 12.1. The number of halogens is 1. The quantitative estimate of drug-likeness (QED) is 0.595. The largest absolute Gasteiger partial charge is 0.383 e. The van der Waals surface area contributed by atoms with E-state index in [0.717, 1.165) is 38.0 Å². The summed E-state index contributed by atoms with van der Waals surface area (Å²) in [5, 5.41) is 15.9. The first-order valence-corrected chi connectivity index (χ1v) is 8.88. The van der Waals surface area contributed by atoms with Crippen LogP contribution in [0.5, 0.6) is 0 Å². The molecule has 1 aromatic carbocycles. The highest BCUT2D eigenvalue weighted by atomic mass is 35.5. The lowest BCUT2D eigenvalue weighted by Crippen LogP contribution is -2.31. The van der Waals surface area contributed by atoms with Gasteiger partial charge in [-0.05, 0) is 49.5 Å². The van der Waals surface area contributed by atoms with Crippen molar-refractivity contribution in [1.82, 2.24) is 15.3 Å². The molecule has 7 heteroatoms. The maximum absolute atomic E-state index is 8.49. The Morgan fingerprint density at radius 1 is 1.32 bits per heavy atom. The highest BCUT2D eigenvalue weighted by Crippen LogP contribution is 2.22. The van der Waals surface area contributed by atoms with Crippen LogP contribution in [0.2, 0.25) is 5.02 Å². The van der Waals surface area contributed by atoms with E-state index in [1.54, 1.807) is 0 Å². The Balaban J connectivity index is 1.74. The van der Waals surface area contributed by atoms with E-state index in [0.29, 0.717) is 40.3 Å². The fourth-order valence-electron chi connectivity index (χ4n) is 3.10. The molecule has 5 N–H and O–H groups in total. The number of nitrogens with two attached hydrogens (primary N) is 1. The standard InChI is InChI=1S/C18H23ClN6/c19-14-3-1-2-13(8-14)9-15(20)16-17(21)24-11-25-18(16)23-10-12-4-6-22-7-5-12/h1-3,8,11-12,20,22H,4-7,9-10H2,(H3,21,23,24,25). The van der Waals surface area contributed by atoms with Gasteiger partial charge in [-0.25, -0.2) is 9.97 Å². The predicted molar refractivity (Wildman–Crippen MR) is 103 cm³/mol. The van der Waals surface area contributed by atoms with Gasteiger partial charge in [0.05, 0.1) is 11.3 Å². The van der Waals surface area contributed by atoms with Crippen LogP contribution in [0.1, 0.15) is 24.0 Å². The first kappa shape index (κ1) is 17.6. The molecule has 132 valence electrons. The van der Waals surface area contributed by atoms with Crippen LogP contribution in [0.15, 0.2) is 30.6 Å². The van der Waals surface area contributed by atoms with Gasteiger partial charge in [-0.3, -0.25) is 0 Å². The molecule has 1 fully saturated rings. The Bertz CT molecular complexity index is 742. The van der Waals surface area contributed by atoms with Crippen molar-refractivity contribution in [3.63, 3.8) is 0 Å². The lowest BCUT2D eigenvalue weighted by Gasteiger charge is -2.23. The number of hydrogen-bond donors (Lipinski definition) is 4. The molecule has 0 unspecified atom stereocenters. The molecule has 25 heavy (non-hydrogen) atoms. The summed E-state index contributed by atoms with van der Waals surface area (Å²) in [6.07, 6.45) is 4.15. The molecule has 0 bridgehead atoms. The van der Waals surface area contributed by atoms with Crippen LogP contribution in [-0.4, -0.2) is 35.3 Å². The summed E-state index contributed by atoms with van der Waals surface area (Å²) in [7, 11) is 0. The number of aromatic nitrogens is 2. The van der Waals surface area contributed by atoms with E-state index < -0.39 is 0 Å². The molecule has 1 saturated heterocycles. The third-order valence-corrected chi connectivity index (χ3v) is 4.70. The molecule has 0 spiro atoms. The molecule has 3 rings (SSSR count). The number of nitrogen functional groups attached to an aromatic ring is 1. The minimum absolute atomic E-state index is 0.329. The summed E-state index contributed by atoms with van der Waals surface area (Å²) in [5.74, 6) is 1.57. The predicted octanol–water partition coefficient (Wildman–Crippen LogP) is 2.73. The topological polar surface area (TPSA) is 99.7 Å². The average Bonchev–Trinajstić information content (AvgIpc) is 2.61. The second kappa shape index (κ2) is 8.27. The SMILES string of the molecule is N=C(Cc1cccc(Cl)c1)c1c(N)ncnc1NCC1CCNCC1. The second-order valence-electron chi connectivity index (χ2n) is 6.34. The number of benzene rings is 1. The average molecular weight is 359 g/mol. The molecule has 1 aliphatic rings. The van der Waals surface area contributed by atoms with Gasteiger partial charge in [0.2, 0.25) is 0 Å². The Morgan fingerprint density at radius 2 is 2.12 bits per heavy atom. The van der Waals surface area contributed by atoms with Crippen molar-refractivity contribution in [3.8, 4) is 0 Å². The number of rotatable bonds is 6. The summed E-state index contributed by atoms with van der Waals surface area (Å²) in [5.41, 5.74) is 7.97. The van der Waals surface area contributed by atoms with Crippen molar-refractivity contribution in [1.29, 1.82) is 5.41 Å². The van der Waals surface area contributed by atoms with Crippen LogP contribution in [0.4, 0.5) is 11.6 Å². The fourth-order valence-corrected chi connectivity index (χ4v) is 3.31. The molecule has 2 heterocycles. The van der Waals surface area contributed by atoms with Gasteiger partial charge in [-0.2, -0.15) is 0 Å². The van der Waals surface area contributed by atoms with Crippen LogP contribution in [0, 0.1) is 11.3 Å². The summed E-state index contributed by atoms with van der Waals surface area (Å²) < 4.78 is 0. The molecule has 0 atom stereocenters. The summed E-state index contributed by atoms with van der Waals surface area (Å²) in [6.45, 7) is 2.93. The van der Waals surface area contributed by atoms with Crippen molar-refractivity contribution in [3.05, 3.63) is 46.7 Å². The van der Waals surface area contributed by atoms with Crippen molar-refractivity contribution in [2.24, 2.45) is 5.92 Å². The van der Waals surface area contributed by atoms with E-state index in [2.05, 4.69) is 20.6 Å². The van der Waals surface area contributed by atoms with Crippen LogP contribution >= 0.6 is 11.6 Å². The van der Waals surface area contributed by atoms with E-state index in [4.69, 9.17) is 22.7 Å². The lowest BCUT2D eigenvalue weighted by atomic mass is 9.98. The van der Waals surface area contributed by atoms with Crippen molar-refractivity contribution in [2.45, 2.75) is 19.3 Å². The normalized spacial score (nSPS) is 15.1. The highest BCUT2D eigenvalue weighted by molar-refractivity contribution is 6.30. The van der Waals surface area contributed by atoms with E-state index in [9.17, 15) is 0 Å². The summed E-state index contributed by atoms with van der Waals surface area (Å²) in [4.78, 5) is 8.38. The molecule has 2 aromatic rings.